The first kappa shape index (κ1) is 16.5. The number of rotatable bonds is 5. The molecule has 0 aliphatic rings. The highest BCUT2D eigenvalue weighted by molar-refractivity contribution is 9.10. The lowest BCUT2D eigenvalue weighted by atomic mass is 10.1. The second kappa shape index (κ2) is 7.38. The molecule has 21 heavy (non-hydrogen) atoms. The number of nitrogens with one attached hydrogen (secondary N) is 1. The zero-order chi connectivity index (χ0) is 15.4. The maximum atomic E-state index is 13.8. The summed E-state index contributed by atoms with van der Waals surface area (Å²) in [7, 11) is 0. The monoisotopic (exact) mass is 371 g/mol. The average molecular weight is 372 g/mol. The minimum atomic E-state index is -0.561. The second-order valence-electron chi connectivity index (χ2n) is 4.64. The van der Waals surface area contributed by atoms with Crippen molar-refractivity contribution in [2.24, 2.45) is 0 Å². The van der Waals surface area contributed by atoms with Crippen molar-refractivity contribution >= 4 is 27.7 Å². The number of hydrogen-bond donors (Lipinski definition) is 1. The Morgan fingerprint density at radius 1 is 1.14 bits per heavy atom. The van der Waals surface area contributed by atoms with Gasteiger partial charge < -0.3 is 5.32 Å². The van der Waals surface area contributed by atoms with Crippen LogP contribution in [0.4, 0.5) is 8.78 Å². The summed E-state index contributed by atoms with van der Waals surface area (Å²) < 4.78 is 27.8. The van der Waals surface area contributed by atoms with Gasteiger partial charge in [0.1, 0.15) is 11.6 Å². The molecule has 1 atom stereocenters. The van der Waals surface area contributed by atoms with Crippen molar-refractivity contribution in [1.29, 1.82) is 0 Å². The minimum absolute atomic E-state index is 0.151. The Morgan fingerprint density at radius 3 is 2.52 bits per heavy atom. The van der Waals surface area contributed by atoms with E-state index in [-0.39, 0.29) is 6.04 Å². The fourth-order valence-corrected chi connectivity index (χ4v) is 3.44. The van der Waals surface area contributed by atoms with Crippen LogP contribution in [0, 0.1) is 11.6 Å². The van der Waals surface area contributed by atoms with Crippen LogP contribution >= 0.6 is 27.7 Å². The lowest BCUT2D eigenvalue weighted by Gasteiger charge is -2.17. The van der Waals surface area contributed by atoms with E-state index in [9.17, 15) is 8.78 Å². The summed E-state index contributed by atoms with van der Waals surface area (Å²) in [4.78, 5) is 1.38. The average Bonchev–Trinajstić information content (AvgIpc) is 2.43. The highest BCUT2D eigenvalue weighted by atomic mass is 79.9. The van der Waals surface area contributed by atoms with Gasteiger partial charge in [-0.15, -0.1) is 0 Å². The van der Waals surface area contributed by atoms with Crippen LogP contribution < -0.4 is 5.32 Å². The topological polar surface area (TPSA) is 12.0 Å². The van der Waals surface area contributed by atoms with E-state index in [4.69, 9.17) is 0 Å². The summed E-state index contributed by atoms with van der Waals surface area (Å²) in [6, 6.07) is 9.70. The quantitative estimate of drug-likeness (QED) is 0.739. The fourth-order valence-electron chi connectivity index (χ4n) is 2.04. The molecular weight excluding hydrogens is 356 g/mol. The second-order valence-corrected chi connectivity index (χ2v) is 6.64. The van der Waals surface area contributed by atoms with E-state index < -0.39 is 11.6 Å². The van der Waals surface area contributed by atoms with E-state index in [1.54, 1.807) is 0 Å². The molecule has 0 spiro atoms. The van der Waals surface area contributed by atoms with Crippen LogP contribution in [-0.2, 0) is 0 Å². The predicted molar refractivity (Wildman–Crippen MR) is 86.7 cm³/mol. The molecule has 0 heterocycles. The van der Waals surface area contributed by atoms with Crippen LogP contribution in [-0.4, -0.2) is 6.54 Å². The first-order valence-electron chi connectivity index (χ1n) is 6.67. The molecule has 0 saturated carbocycles. The van der Waals surface area contributed by atoms with Gasteiger partial charge in [0.25, 0.3) is 0 Å². The third-order valence-corrected chi connectivity index (χ3v) is 4.70. The SMILES string of the molecule is CCNC(C)c1cc(Br)ccc1Sc1ccc(F)cc1F. The maximum Gasteiger partial charge on any atom is 0.140 e. The number of halogens is 3. The summed E-state index contributed by atoms with van der Waals surface area (Å²) in [5, 5.41) is 3.35. The summed E-state index contributed by atoms with van der Waals surface area (Å²) in [6.07, 6.45) is 0. The van der Waals surface area contributed by atoms with Crippen molar-refractivity contribution in [3.63, 3.8) is 0 Å². The van der Waals surface area contributed by atoms with E-state index >= 15 is 0 Å². The van der Waals surface area contributed by atoms with Crippen molar-refractivity contribution < 1.29 is 8.78 Å². The lowest BCUT2D eigenvalue weighted by molar-refractivity contribution is 0.565. The first-order chi connectivity index (χ1) is 10.0. The van der Waals surface area contributed by atoms with Crippen LogP contribution in [0.25, 0.3) is 0 Å². The van der Waals surface area contributed by atoms with Crippen LogP contribution in [0.1, 0.15) is 25.5 Å². The van der Waals surface area contributed by atoms with Gasteiger partial charge in [0.05, 0.1) is 0 Å². The van der Waals surface area contributed by atoms with Gasteiger partial charge in [-0.3, -0.25) is 0 Å². The molecule has 0 amide bonds. The zero-order valence-electron chi connectivity index (χ0n) is 11.8. The summed E-state index contributed by atoms with van der Waals surface area (Å²) in [5.74, 6) is -1.10. The lowest BCUT2D eigenvalue weighted by Crippen LogP contribution is -2.18. The summed E-state index contributed by atoms with van der Waals surface area (Å²) in [6.45, 7) is 4.96. The van der Waals surface area contributed by atoms with Gasteiger partial charge in [0, 0.05) is 26.4 Å². The van der Waals surface area contributed by atoms with Crippen LogP contribution in [0.2, 0.25) is 0 Å². The summed E-state index contributed by atoms with van der Waals surface area (Å²) >= 11 is 4.77. The van der Waals surface area contributed by atoms with Gasteiger partial charge >= 0.3 is 0 Å². The number of hydrogen-bond acceptors (Lipinski definition) is 2. The molecule has 1 N–H and O–H groups in total. The van der Waals surface area contributed by atoms with Crippen molar-refractivity contribution in [3.05, 3.63) is 58.1 Å². The largest absolute Gasteiger partial charge is 0.310 e. The standard InChI is InChI=1S/C16H16BrF2NS/c1-3-20-10(2)13-8-11(17)4-6-15(13)21-16-7-5-12(18)9-14(16)19/h4-10,20H,3H2,1-2H3. The van der Waals surface area contributed by atoms with Gasteiger partial charge in [0.15, 0.2) is 0 Å². The molecule has 0 radical (unpaired) electrons. The van der Waals surface area contributed by atoms with Crippen LogP contribution in [0.15, 0.2) is 50.7 Å². The van der Waals surface area contributed by atoms with Crippen LogP contribution in [0.3, 0.4) is 0 Å². The number of benzene rings is 2. The first-order valence-corrected chi connectivity index (χ1v) is 8.28. The van der Waals surface area contributed by atoms with E-state index in [1.165, 1.54) is 23.9 Å². The normalized spacial score (nSPS) is 12.4. The summed E-state index contributed by atoms with van der Waals surface area (Å²) in [5.41, 5.74) is 1.08. The molecule has 0 aliphatic heterocycles. The Morgan fingerprint density at radius 2 is 1.86 bits per heavy atom. The van der Waals surface area contributed by atoms with Gasteiger partial charge in [-0.05, 0) is 49.4 Å². The molecule has 1 unspecified atom stereocenters. The van der Waals surface area contributed by atoms with Crippen molar-refractivity contribution in [3.8, 4) is 0 Å². The fraction of sp³-hybridized carbons (Fsp3) is 0.250. The minimum Gasteiger partial charge on any atom is -0.310 e. The molecule has 1 nitrogen and oxygen atoms in total. The van der Waals surface area contributed by atoms with Crippen molar-refractivity contribution in [2.75, 3.05) is 6.54 Å². The van der Waals surface area contributed by atoms with E-state index in [0.717, 1.165) is 27.5 Å². The van der Waals surface area contributed by atoms with Gasteiger partial charge in [-0.25, -0.2) is 8.78 Å². The Hall–Kier alpha value is -0.910. The molecule has 0 fully saturated rings. The van der Waals surface area contributed by atoms with E-state index in [1.807, 2.05) is 25.1 Å². The molecule has 0 bridgehead atoms. The van der Waals surface area contributed by atoms with Crippen molar-refractivity contribution in [1.82, 2.24) is 5.32 Å². The maximum absolute atomic E-state index is 13.8. The van der Waals surface area contributed by atoms with E-state index in [0.29, 0.717) is 4.90 Å². The van der Waals surface area contributed by atoms with Gasteiger partial charge in [0.2, 0.25) is 0 Å². The Bertz CT molecular complexity index is 634. The molecule has 112 valence electrons. The zero-order valence-corrected chi connectivity index (χ0v) is 14.2. The third kappa shape index (κ3) is 4.28. The molecule has 2 aromatic rings. The molecule has 0 saturated heterocycles. The van der Waals surface area contributed by atoms with Crippen LogP contribution in [0.5, 0.6) is 0 Å². The molecule has 0 aromatic heterocycles. The third-order valence-electron chi connectivity index (χ3n) is 3.06. The Balaban J connectivity index is 2.34. The Labute approximate surface area is 136 Å². The van der Waals surface area contributed by atoms with Gasteiger partial charge in [-0.2, -0.15) is 0 Å². The molecule has 2 aromatic carbocycles. The Kier molecular flexibility index (Phi) is 5.79. The highest BCUT2D eigenvalue weighted by Crippen LogP contribution is 2.36. The molecule has 0 aliphatic carbocycles. The van der Waals surface area contributed by atoms with Gasteiger partial charge in [-0.1, -0.05) is 34.6 Å². The highest BCUT2D eigenvalue weighted by Gasteiger charge is 2.13. The van der Waals surface area contributed by atoms with E-state index in [2.05, 4.69) is 28.2 Å². The molecule has 2 rings (SSSR count). The molecule has 5 heteroatoms. The van der Waals surface area contributed by atoms with Crippen molar-refractivity contribution in [2.45, 2.75) is 29.7 Å². The predicted octanol–water partition coefficient (Wildman–Crippen LogP) is 5.55. The molecular formula is C16H16BrF2NS. The smallest absolute Gasteiger partial charge is 0.140 e.